The number of para-hydroxylation sites is 1. The van der Waals surface area contributed by atoms with Gasteiger partial charge in [-0.2, -0.15) is 0 Å². The highest BCUT2D eigenvalue weighted by Crippen LogP contribution is 2.36. The maximum Gasteiger partial charge on any atom is 0.243 e. The summed E-state index contributed by atoms with van der Waals surface area (Å²) in [6.07, 6.45) is 5.48. The summed E-state index contributed by atoms with van der Waals surface area (Å²) in [7, 11) is 0. The van der Waals surface area contributed by atoms with Crippen LogP contribution in [0.5, 0.6) is 0 Å². The summed E-state index contributed by atoms with van der Waals surface area (Å²) < 4.78 is 2.14. The molecule has 6 nitrogen and oxygen atoms in total. The third kappa shape index (κ3) is 3.72. The molecular formula is C23H28N4O2. The maximum absolute atomic E-state index is 13.3. The largest absolute Gasteiger partial charge is 0.351 e. The molecule has 29 heavy (non-hydrogen) atoms. The lowest BCUT2D eigenvalue weighted by molar-refractivity contribution is -0.133. The van der Waals surface area contributed by atoms with E-state index in [9.17, 15) is 9.59 Å². The predicted molar refractivity (Wildman–Crippen MR) is 113 cm³/mol. The van der Waals surface area contributed by atoms with Crippen LogP contribution in [0.15, 0.2) is 55.3 Å². The van der Waals surface area contributed by atoms with Gasteiger partial charge in [0.2, 0.25) is 11.8 Å². The second-order valence-corrected chi connectivity index (χ2v) is 7.78. The predicted octanol–water partition coefficient (Wildman–Crippen LogP) is 2.65. The molecule has 0 radical (unpaired) electrons. The smallest absolute Gasteiger partial charge is 0.243 e. The average Bonchev–Trinajstić information content (AvgIpc) is 3.16. The van der Waals surface area contributed by atoms with Crippen LogP contribution >= 0.6 is 0 Å². The standard InChI is InChI=1S/C23H28N4O2/c1-3-12-24-23(29)22-21-9-6-13-26(21)20-8-5-4-7-18(20)16-27(22)19-10-14-25(15-11-19)17(2)28/h3-9,13,19,22H,1,10-12,14-16H2,2H3,(H,24,29)/t22-/m1/s1. The van der Waals surface area contributed by atoms with Gasteiger partial charge in [0.05, 0.1) is 0 Å². The van der Waals surface area contributed by atoms with Gasteiger partial charge in [-0.15, -0.1) is 6.58 Å². The first-order valence-corrected chi connectivity index (χ1v) is 10.3. The number of aromatic nitrogens is 1. The minimum atomic E-state index is -0.383. The molecule has 0 bridgehead atoms. The van der Waals surface area contributed by atoms with Gasteiger partial charge in [0.25, 0.3) is 0 Å². The number of likely N-dealkylation sites (tertiary alicyclic amines) is 1. The van der Waals surface area contributed by atoms with Gasteiger partial charge < -0.3 is 14.8 Å². The molecule has 1 aromatic carbocycles. The summed E-state index contributed by atoms with van der Waals surface area (Å²) in [5.74, 6) is 0.116. The lowest BCUT2D eigenvalue weighted by Crippen LogP contribution is -2.50. The third-order valence-electron chi connectivity index (χ3n) is 6.04. The van der Waals surface area contributed by atoms with Crippen LogP contribution in [0.1, 0.15) is 37.1 Å². The Morgan fingerprint density at radius 2 is 1.93 bits per heavy atom. The summed E-state index contributed by atoms with van der Waals surface area (Å²) in [5.41, 5.74) is 3.31. The number of fused-ring (bicyclic) bond motifs is 3. The van der Waals surface area contributed by atoms with E-state index in [-0.39, 0.29) is 23.9 Å². The van der Waals surface area contributed by atoms with Crippen molar-refractivity contribution in [2.24, 2.45) is 0 Å². The molecule has 0 spiro atoms. The Bertz CT molecular complexity index is 911. The lowest BCUT2D eigenvalue weighted by atomic mass is 9.98. The van der Waals surface area contributed by atoms with Crippen molar-refractivity contribution in [2.45, 2.75) is 38.4 Å². The molecule has 1 N–H and O–H groups in total. The van der Waals surface area contributed by atoms with Crippen LogP contribution in [0.4, 0.5) is 0 Å². The molecule has 1 aromatic heterocycles. The second-order valence-electron chi connectivity index (χ2n) is 7.78. The molecule has 0 saturated carbocycles. The van der Waals surface area contributed by atoms with Crippen molar-refractivity contribution in [3.63, 3.8) is 0 Å². The minimum absolute atomic E-state index is 0.00773. The fraction of sp³-hybridized carbons (Fsp3) is 0.391. The van der Waals surface area contributed by atoms with Crippen LogP contribution in [0.3, 0.4) is 0 Å². The Morgan fingerprint density at radius 1 is 1.17 bits per heavy atom. The molecule has 152 valence electrons. The molecule has 2 amide bonds. The van der Waals surface area contributed by atoms with Crippen molar-refractivity contribution in [1.29, 1.82) is 0 Å². The lowest BCUT2D eigenvalue weighted by Gasteiger charge is -2.41. The zero-order valence-electron chi connectivity index (χ0n) is 16.9. The van der Waals surface area contributed by atoms with Gasteiger partial charge in [-0.1, -0.05) is 24.3 Å². The topological polar surface area (TPSA) is 57.6 Å². The van der Waals surface area contributed by atoms with Crippen molar-refractivity contribution >= 4 is 11.8 Å². The highest BCUT2D eigenvalue weighted by Gasteiger charge is 2.38. The highest BCUT2D eigenvalue weighted by molar-refractivity contribution is 5.83. The van der Waals surface area contributed by atoms with Gasteiger partial charge in [-0.3, -0.25) is 14.5 Å². The molecular weight excluding hydrogens is 364 g/mol. The minimum Gasteiger partial charge on any atom is -0.351 e. The zero-order valence-corrected chi connectivity index (χ0v) is 16.9. The van der Waals surface area contributed by atoms with E-state index >= 15 is 0 Å². The van der Waals surface area contributed by atoms with Gasteiger partial charge in [0.1, 0.15) is 6.04 Å². The number of hydrogen-bond acceptors (Lipinski definition) is 3. The molecule has 2 aromatic rings. The highest BCUT2D eigenvalue weighted by atomic mass is 16.2. The molecule has 0 unspecified atom stereocenters. The molecule has 3 heterocycles. The summed E-state index contributed by atoms with van der Waals surface area (Å²) in [6, 6.07) is 12.2. The Hall–Kier alpha value is -2.86. The molecule has 1 atom stereocenters. The molecule has 1 fully saturated rings. The fourth-order valence-corrected chi connectivity index (χ4v) is 4.58. The van der Waals surface area contributed by atoms with E-state index in [2.05, 4.69) is 39.6 Å². The number of nitrogens with zero attached hydrogens (tertiary/aromatic N) is 3. The van der Waals surface area contributed by atoms with E-state index in [0.29, 0.717) is 13.1 Å². The van der Waals surface area contributed by atoms with Crippen LogP contribution in [0.2, 0.25) is 0 Å². The van der Waals surface area contributed by atoms with Gasteiger partial charge in [0.15, 0.2) is 0 Å². The Labute approximate surface area is 171 Å². The number of nitrogens with one attached hydrogen (secondary N) is 1. The number of benzene rings is 1. The second kappa shape index (κ2) is 8.25. The van der Waals surface area contributed by atoms with Crippen LogP contribution in [0.25, 0.3) is 5.69 Å². The molecule has 1 saturated heterocycles. The monoisotopic (exact) mass is 392 g/mol. The molecule has 0 aliphatic carbocycles. The summed E-state index contributed by atoms with van der Waals surface area (Å²) in [6.45, 7) is 7.97. The van der Waals surface area contributed by atoms with E-state index in [1.165, 1.54) is 5.56 Å². The van der Waals surface area contributed by atoms with Crippen molar-refractivity contribution < 1.29 is 9.59 Å². The van der Waals surface area contributed by atoms with Crippen LogP contribution < -0.4 is 5.32 Å². The number of amides is 2. The summed E-state index contributed by atoms with van der Waals surface area (Å²) >= 11 is 0. The number of rotatable bonds is 4. The van der Waals surface area contributed by atoms with Crippen molar-refractivity contribution in [1.82, 2.24) is 19.7 Å². The number of hydrogen-bond donors (Lipinski definition) is 1. The van der Waals surface area contributed by atoms with E-state index in [4.69, 9.17) is 0 Å². The van der Waals surface area contributed by atoms with Crippen LogP contribution in [0, 0.1) is 0 Å². The first-order chi connectivity index (χ1) is 14.1. The molecule has 2 aliphatic heterocycles. The van der Waals surface area contributed by atoms with E-state index in [1.807, 2.05) is 29.3 Å². The first kappa shape index (κ1) is 19.5. The van der Waals surface area contributed by atoms with Crippen LogP contribution in [-0.2, 0) is 16.1 Å². The third-order valence-corrected chi connectivity index (χ3v) is 6.04. The number of carbonyl (C=O) groups excluding carboxylic acids is 2. The van der Waals surface area contributed by atoms with E-state index in [0.717, 1.165) is 37.3 Å². The number of piperidine rings is 1. The molecule has 6 heteroatoms. The fourth-order valence-electron chi connectivity index (χ4n) is 4.58. The summed E-state index contributed by atoms with van der Waals surface area (Å²) in [4.78, 5) is 29.3. The Morgan fingerprint density at radius 3 is 2.66 bits per heavy atom. The van der Waals surface area contributed by atoms with Crippen LogP contribution in [-0.4, -0.2) is 51.9 Å². The molecule has 4 rings (SSSR count). The maximum atomic E-state index is 13.3. The van der Waals surface area contributed by atoms with E-state index < -0.39 is 0 Å². The number of carbonyl (C=O) groups is 2. The van der Waals surface area contributed by atoms with Gasteiger partial charge >= 0.3 is 0 Å². The van der Waals surface area contributed by atoms with Crippen molar-refractivity contribution in [2.75, 3.05) is 19.6 Å². The Balaban J connectivity index is 1.72. The summed E-state index contributed by atoms with van der Waals surface area (Å²) in [5, 5.41) is 3.01. The quantitative estimate of drug-likeness (QED) is 0.814. The van der Waals surface area contributed by atoms with Gasteiger partial charge in [-0.25, -0.2) is 0 Å². The first-order valence-electron chi connectivity index (χ1n) is 10.3. The van der Waals surface area contributed by atoms with Crippen molar-refractivity contribution in [3.8, 4) is 5.69 Å². The molecule has 2 aliphatic rings. The van der Waals surface area contributed by atoms with Gasteiger partial charge in [-0.05, 0) is 36.6 Å². The Kier molecular flexibility index (Phi) is 5.53. The van der Waals surface area contributed by atoms with Crippen molar-refractivity contribution in [3.05, 3.63) is 66.5 Å². The van der Waals surface area contributed by atoms with Gasteiger partial charge in [0, 0.05) is 56.7 Å². The zero-order chi connectivity index (χ0) is 20.4. The van der Waals surface area contributed by atoms with E-state index in [1.54, 1.807) is 13.0 Å². The average molecular weight is 393 g/mol. The normalized spacial score (nSPS) is 19.8. The SMILES string of the molecule is C=CCNC(=O)[C@H]1c2cccn2-c2ccccc2CN1C1CCN(C(C)=O)CC1.